The molecule has 1 aromatic carbocycles. The smallest absolute Gasteiger partial charge is 0.251 e. The van der Waals surface area contributed by atoms with Crippen molar-refractivity contribution in [1.29, 1.82) is 0 Å². The zero-order chi connectivity index (χ0) is 18.6. The van der Waals surface area contributed by atoms with Crippen LogP contribution >= 0.6 is 0 Å². The van der Waals surface area contributed by atoms with E-state index in [1.54, 1.807) is 7.05 Å². The highest BCUT2D eigenvalue weighted by atomic mass is 16.5. The van der Waals surface area contributed by atoms with Gasteiger partial charge in [0.25, 0.3) is 5.91 Å². The van der Waals surface area contributed by atoms with Crippen LogP contribution in [0.1, 0.15) is 22.8 Å². The van der Waals surface area contributed by atoms with Gasteiger partial charge < -0.3 is 20.7 Å². The Morgan fingerprint density at radius 2 is 2.08 bits per heavy atom. The van der Waals surface area contributed by atoms with Gasteiger partial charge in [0.2, 0.25) is 0 Å². The Balaban J connectivity index is 1.78. The van der Waals surface area contributed by atoms with Crippen LogP contribution in [0.25, 0.3) is 0 Å². The first-order valence-electron chi connectivity index (χ1n) is 9.36. The fraction of sp³-hybridized carbons (Fsp3) is 0.579. The quantitative estimate of drug-likeness (QED) is 0.464. The summed E-state index contributed by atoms with van der Waals surface area (Å²) in [5.41, 5.74) is 1.82. The van der Waals surface area contributed by atoms with Crippen LogP contribution in [0, 0.1) is 0 Å². The highest BCUT2D eigenvalue weighted by molar-refractivity contribution is 5.94. The molecular weight excluding hydrogens is 330 g/mol. The number of carbonyl (C=O) groups is 1. The largest absolute Gasteiger partial charge is 0.379 e. The van der Waals surface area contributed by atoms with Crippen molar-refractivity contribution >= 4 is 11.9 Å². The minimum Gasteiger partial charge on any atom is -0.379 e. The van der Waals surface area contributed by atoms with Crippen LogP contribution in [-0.4, -0.2) is 76.3 Å². The average molecular weight is 361 g/mol. The van der Waals surface area contributed by atoms with Crippen molar-refractivity contribution in [1.82, 2.24) is 20.9 Å². The molecule has 7 heteroatoms. The van der Waals surface area contributed by atoms with E-state index in [1.165, 1.54) is 0 Å². The molecule has 144 valence electrons. The number of benzene rings is 1. The third kappa shape index (κ3) is 7.01. The van der Waals surface area contributed by atoms with Gasteiger partial charge in [0.1, 0.15) is 0 Å². The first-order chi connectivity index (χ1) is 12.7. The molecule has 1 aliphatic heterocycles. The minimum absolute atomic E-state index is 0.0576. The van der Waals surface area contributed by atoms with E-state index in [9.17, 15) is 4.79 Å². The van der Waals surface area contributed by atoms with E-state index < -0.39 is 0 Å². The summed E-state index contributed by atoms with van der Waals surface area (Å²) < 4.78 is 5.36. The molecule has 1 saturated heterocycles. The molecule has 26 heavy (non-hydrogen) atoms. The topological polar surface area (TPSA) is 78.0 Å². The normalized spacial score (nSPS) is 15.5. The number of amides is 1. The fourth-order valence-electron chi connectivity index (χ4n) is 2.81. The molecule has 7 nitrogen and oxygen atoms in total. The molecule has 0 aromatic heterocycles. The van der Waals surface area contributed by atoms with E-state index >= 15 is 0 Å². The maximum absolute atomic E-state index is 11.7. The monoisotopic (exact) mass is 361 g/mol. The highest BCUT2D eigenvalue weighted by Crippen LogP contribution is 2.05. The first-order valence-corrected chi connectivity index (χ1v) is 9.36. The van der Waals surface area contributed by atoms with E-state index in [0.717, 1.165) is 70.4 Å². The Bertz CT molecular complexity index is 585. The van der Waals surface area contributed by atoms with Gasteiger partial charge in [-0.05, 0) is 31.0 Å². The number of ether oxygens (including phenoxy) is 1. The second kappa shape index (κ2) is 11.5. The molecule has 1 amide bonds. The number of guanidine groups is 1. The number of aliphatic imine (C=N–C) groups is 1. The maximum atomic E-state index is 11.7. The predicted octanol–water partition coefficient (Wildman–Crippen LogP) is 0.476. The zero-order valence-corrected chi connectivity index (χ0v) is 15.9. The summed E-state index contributed by atoms with van der Waals surface area (Å²) in [4.78, 5) is 18.7. The van der Waals surface area contributed by atoms with Crippen molar-refractivity contribution in [3.05, 3.63) is 35.4 Å². The van der Waals surface area contributed by atoms with Crippen LogP contribution < -0.4 is 16.0 Å². The molecule has 0 radical (unpaired) electrons. The lowest BCUT2D eigenvalue weighted by Crippen LogP contribution is -2.40. The number of hydrogen-bond acceptors (Lipinski definition) is 4. The first kappa shape index (κ1) is 20.2. The summed E-state index contributed by atoms with van der Waals surface area (Å²) in [5, 5.41) is 9.30. The van der Waals surface area contributed by atoms with Crippen molar-refractivity contribution in [2.24, 2.45) is 4.99 Å². The summed E-state index contributed by atoms with van der Waals surface area (Å²) in [6, 6.07) is 7.72. The molecule has 3 N–H and O–H groups in total. The van der Waals surface area contributed by atoms with E-state index in [1.807, 2.05) is 24.3 Å². The Morgan fingerprint density at radius 3 is 2.81 bits per heavy atom. The SMILES string of the molecule is CCNC(=NCCN1CCOCC1)NCCc1cccc(C(=O)NC)c1. The van der Waals surface area contributed by atoms with Gasteiger partial charge in [-0.3, -0.25) is 14.7 Å². The molecule has 1 heterocycles. The maximum Gasteiger partial charge on any atom is 0.251 e. The van der Waals surface area contributed by atoms with Gasteiger partial charge in [-0.2, -0.15) is 0 Å². The second-order valence-electron chi connectivity index (χ2n) is 6.17. The van der Waals surface area contributed by atoms with Gasteiger partial charge in [0.15, 0.2) is 5.96 Å². The number of nitrogens with one attached hydrogen (secondary N) is 3. The zero-order valence-electron chi connectivity index (χ0n) is 15.9. The lowest BCUT2D eigenvalue weighted by Gasteiger charge is -2.25. The standard InChI is InChI=1S/C19H31N5O2/c1-3-21-19(23-9-10-24-11-13-26-14-12-24)22-8-7-16-5-4-6-17(15-16)18(25)20-2/h4-6,15H,3,7-14H2,1-2H3,(H,20,25)(H2,21,22,23). The molecule has 1 fully saturated rings. The molecule has 0 atom stereocenters. The number of morpholine rings is 1. The van der Waals surface area contributed by atoms with Gasteiger partial charge in [0, 0.05) is 45.3 Å². The van der Waals surface area contributed by atoms with E-state index in [-0.39, 0.29) is 5.91 Å². The molecule has 1 aromatic rings. The molecule has 0 unspecified atom stereocenters. The van der Waals surface area contributed by atoms with Crippen molar-refractivity contribution in [2.45, 2.75) is 13.3 Å². The number of rotatable bonds is 8. The molecule has 0 spiro atoms. The summed E-state index contributed by atoms with van der Waals surface area (Å²) in [6.07, 6.45) is 0.832. The highest BCUT2D eigenvalue weighted by Gasteiger charge is 2.09. The molecule has 2 rings (SSSR count). The van der Waals surface area contributed by atoms with Crippen LogP contribution in [0.15, 0.2) is 29.3 Å². The Kier molecular flexibility index (Phi) is 8.92. The Morgan fingerprint density at radius 1 is 1.27 bits per heavy atom. The number of hydrogen-bond donors (Lipinski definition) is 3. The van der Waals surface area contributed by atoms with E-state index in [0.29, 0.717) is 5.56 Å². The lowest BCUT2D eigenvalue weighted by molar-refractivity contribution is 0.0394. The molecular formula is C19H31N5O2. The molecule has 0 aliphatic carbocycles. The summed E-state index contributed by atoms with van der Waals surface area (Å²) in [7, 11) is 1.65. The van der Waals surface area contributed by atoms with Gasteiger partial charge in [-0.15, -0.1) is 0 Å². The fourth-order valence-corrected chi connectivity index (χ4v) is 2.81. The minimum atomic E-state index is -0.0576. The number of carbonyl (C=O) groups excluding carboxylic acids is 1. The second-order valence-corrected chi connectivity index (χ2v) is 6.17. The average Bonchev–Trinajstić information content (AvgIpc) is 2.68. The van der Waals surface area contributed by atoms with Crippen LogP contribution in [0.2, 0.25) is 0 Å². The third-order valence-electron chi connectivity index (χ3n) is 4.26. The predicted molar refractivity (Wildman–Crippen MR) is 105 cm³/mol. The summed E-state index contributed by atoms with van der Waals surface area (Å²) >= 11 is 0. The van der Waals surface area contributed by atoms with E-state index in [4.69, 9.17) is 4.74 Å². The lowest BCUT2D eigenvalue weighted by atomic mass is 10.1. The van der Waals surface area contributed by atoms with Crippen molar-refractivity contribution in [3.63, 3.8) is 0 Å². The summed E-state index contributed by atoms with van der Waals surface area (Å²) in [6.45, 7) is 8.98. The van der Waals surface area contributed by atoms with Crippen LogP contribution in [0.4, 0.5) is 0 Å². The van der Waals surface area contributed by atoms with Gasteiger partial charge in [0.05, 0.1) is 19.8 Å². The molecule has 1 aliphatic rings. The van der Waals surface area contributed by atoms with Crippen LogP contribution in [-0.2, 0) is 11.2 Å². The Hall–Kier alpha value is -2.12. The van der Waals surface area contributed by atoms with Crippen LogP contribution in [0.3, 0.4) is 0 Å². The van der Waals surface area contributed by atoms with Gasteiger partial charge in [-0.25, -0.2) is 0 Å². The van der Waals surface area contributed by atoms with Crippen molar-refractivity contribution < 1.29 is 9.53 Å². The van der Waals surface area contributed by atoms with Crippen molar-refractivity contribution in [2.75, 3.05) is 59.5 Å². The third-order valence-corrected chi connectivity index (χ3v) is 4.26. The van der Waals surface area contributed by atoms with Crippen molar-refractivity contribution in [3.8, 4) is 0 Å². The van der Waals surface area contributed by atoms with Gasteiger partial charge in [-0.1, -0.05) is 12.1 Å². The molecule has 0 bridgehead atoms. The Labute approximate surface area is 156 Å². The molecule has 0 saturated carbocycles. The summed E-state index contributed by atoms with van der Waals surface area (Å²) in [5.74, 6) is 0.779. The van der Waals surface area contributed by atoms with Crippen LogP contribution in [0.5, 0.6) is 0 Å². The van der Waals surface area contributed by atoms with E-state index in [2.05, 4.69) is 32.8 Å². The number of nitrogens with zero attached hydrogens (tertiary/aromatic N) is 2. The van der Waals surface area contributed by atoms with Gasteiger partial charge >= 0.3 is 0 Å².